The summed E-state index contributed by atoms with van der Waals surface area (Å²) in [6, 6.07) is 0. The van der Waals surface area contributed by atoms with Gasteiger partial charge in [0.1, 0.15) is 31.5 Å². The van der Waals surface area contributed by atoms with Crippen LogP contribution in [-0.4, -0.2) is 183 Å². The van der Waals surface area contributed by atoms with Crippen LogP contribution in [0.1, 0.15) is 76.2 Å². The molecule has 2 fully saturated rings. The third-order valence-corrected chi connectivity index (χ3v) is 8.74. The minimum Gasteiger partial charge on any atom is -0.463 e. The van der Waals surface area contributed by atoms with Crippen molar-refractivity contribution < 1.29 is 129 Å². The molecule has 27 heteroatoms. The van der Waals surface area contributed by atoms with Crippen LogP contribution < -0.4 is 0 Å². The Balaban J connectivity index is 2.72. The van der Waals surface area contributed by atoms with Gasteiger partial charge in [0.25, 0.3) is 0 Å². The highest BCUT2D eigenvalue weighted by atomic mass is 16.8. The highest BCUT2D eigenvalue weighted by molar-refractivity contribution is 5.71. The van der Waals surface area contributed by atoms with Gasteiger partial charge in [0.15, 0.2) is 67.5 Å². The Labute approximate surface area is 382 Å². The van der Waals surface area contributed by atoms with Crippen molar-refractivity contribution in [2.75, 3.05) is 26.4 Å². The van der Waals surface area contributed by atoms with Crippen LogP contribution >= 0.6 is 0 Å². The Bertz CT molecular complexity index is 1800. The molecule has 0 aromatic carbocycles. The molecule has 0 spiro atoms. The smallest absolute Gasteiger partial charge is 0.303 e. The van der Waals surface area contributed by atoms with Crippen molar-refractivity contribution in [3.05, 3.63) is 0 Å². The van der Waals surface area contributed by atoms with Gasteiger partial charge in [0, 0.05) is 76.2 Å². The highest BCUT2D eigenvalue weighted by Crippen LogP contribution is 2.34. The van der Waals surface area contributed by atoms with Crippen molar-refractivity contribution in [2.24, 2.45) is 0 Å². The minimum absolute atomic E-state index is 0.636. The number of hydrogen-bond donors (Lipinski definition) is 1. The quantitative estimate of drug-likeness (QED) is 0.0937. The zero-order chi connectivity index (χ0) is 50.9. The molecule has 0 amide bonds. The number of carbonyl (C=O) groups is 11. The Morgan fingerprint density at radius 3 is 1.13 bits per heavy atom. The SMILES string of the molecule is CC(=O)OC[C@H](OC(C)=O)[C@@H](OC(C)=O)[C@H](OC(C)=O)[C@H](O)CO[C@H]1O[C@H](CO[C@H]2O[C@H](COC(C)=O)[C@H](OC(C)=O)[C@H](OC(C)=O)[C@H]2OC(C)=O)[C@H](OC(C)=O)[C@H](OC(C)=O)[C@H]1OC(C)=O. The van der Waals surface area contributed by atoms with E-state index in [9.17, 15) is 57.8 Å². The van der Waals surface area contributed by atoms with Gasteiger partial charge in [-0.25, -0.2) is 0 Å². The summed E-state index contributed by atoms with van der Waals surface area (Å²) in [5.74, 6) is -10.7. The largest absolute Gasteiger partial charge is 0.463 e. The van der Waals surface area contributed by atoms with E-state index in [0.717, 1.165) is 76.2 Å². The lowest BCUT2D eigenvalue weighted by Gasteiger charge is -2.46. The van der Waals surface area contributed by atoms with Gasteiger partial charge in [0.05, 0.1) is 13.2 Å². The van der Waals surface area contributed by atoms with Gasteiger partial charge in [-0.05, 0) is 0 Å². The van der Waals surface area contributed by atoms with E-state index in [-0.39, 0.29) is 0 Å². The maximum atomic E-state index is 12.6. The fraction of sp³-hybridized carbons (Fsp3) is 0.725. The number of rotatable bonds is 22. The maximum Gasteiger partial charge on any atom is 0.303 e. The standard InChI is InChI=1S/C40H56O27/c1-16(41)53-13-28(57-18(3)43)32(59-20(5)45)31(58-19(4)44)27(52)12-55-39-37(64-25(10)50)36(63-24(9)49)34(61-22(7)47)30(67-39)15-56-40-38(65-26(11)51)35(62-23(8)48)33(60-21(6)46)29(66-40)14-54-17(2)42/h27-40,52H,12-15H2,1-11H3/t27-,28+,29-,30-,31-,32-,33+,34+,35+,36+,37-,38-,39+,40+/m1/s1. The monoisotopic (exact) mass is 968 g/mol. The molecule has 2 aliphatic heterocycles. The lowest BCUT2D eigenvalue weighted by atomic mass is 9.97. The average molecular weight is 969 g/mol. The van der Waals surface area contributed by atoms with Crippen LogP contribution in [-0.2, 0) is 124 Å². The highest BCUT2D eigenvalue weighted by Gasteiger charge is 2.56. The van der Waals surface area contributed by atoms with E-state index in [0.29, 0.717) is 0 Å². The molecule has 67 heavy (non-hydrogen) atoms. The molecule has 0 unspecified atom stereocenters. The van der Waals surface area contributed by atoms with E-state index in [4.69, 9.17) is 71.1 Å². The van der Waals surface area contributed by atoms with Crippen LogP contribution in [0.3, 0.4) is 0 Å². The molecule has 0 aromatic heterocycles. The summed E-state index contributed by atoms with van der Waals surface area (Å²) < 4.78 is 82.4. The summed E-state index contributed by atoms with van der Waals surface area (Å²) >= 11 is 0. The summed E-state index contributed by atoms with van der Waals surface area (Å²) in [6.07, 6.45) is -25.0. The summed E-state index contributed by atoms with van der Waals surface area (Å²) in [7, 11) is 0. The summed E-state index contributed by atoms with van der Waals surface area (Å²) in [5.41, 5.74) is 0. The predicted molar refractivity (Wildman–Crippen MR) is 208 cm³/mol. The summed E-state index contributed by atoms with van der Waals surface area (Å²) in [4.78, 5) is 135. The summed E-state index contributed by atoms with van der Waals surface area (Å²) in [6.45, 7) is 7.42. The molecule has 2 saturated heterocycles. The Kier molecular flexibility index (Phi) is 23.0. The molecule has 2 rings (SSSR count). The van der Waals surface area contributed by atoms with Gasteiger partial charge < -0.3 is 76.2 Å². The fourth-order valence-electron chi connectivity index (χ4n) is 6.64. The third-order valence-electron chi connectivity index (χ3n) is 8.74. The second-order valence-electron chi connectivity index (χ2n) is 14.7. The molecule has 0 aliphatic carbocycles. The minimum atomic E-state index is -2.09. The lowest BCUT2D eigenvalue weighted by molar-refractivity contribution is -0.336. The van der Waals surface area contributed by atoms with E-state index in [1.54, 1.807) is 0 Å². The molecule has 0 radical (unpaired) electrons. The molecule has 14 atom stereocenters. The number of aliphatic hydroxyl groups excluding tert-OH is 1. The second kappa shape index (κ2) is 26.9. The van der Waals surface area contributed by atoms with Crippen molar-refractivity contribution >= 4 is 65.7 Å². The Hall–Kier alpha value is -6.03. The second-order valence-corrected chi connectivity index (χ2v) is 14.7. The van der Waals surface area contributed by atoms with Crippen LogP contribution in [0.5, 0.6) is 0 Å². The number of hydrogen-bond acceptors (Lipinski definition) is 27. The van der Waals surface area contributed by atoms with Gasteiger partial charge >= 0.3 is 65.7 Å². The van der Waals surface area contributed by atoms with Gasteiger partial charge in [-0.1, -0.05) is 0 Å². The molecule has 378 valence electrons. The number of ether oxygens (including phenoxy) is 15. The first-order valence-corrected chi connectivity index (χ1v) is 20.2. The first-order valence-electron chi connectivity index (χ1n) is 20.2. The Morgan fingerprint density at radius 2 is 0.746 bits per heavy atom. The topological polar surface area (TPSA) is 346 Å². The molecule has 2 aliphatic rings. The molecule has 0 saturated carbocycles. The maximum absolute atomic E-state index is 12.6. The van der Waals surface area contributed by atoms with Gasteiger partial charge in [-0.3, -0.25) is 52.7 Å². The fourth-order valence-corrected chi connectivity index (χ4v) is 6.64. The number of esters is 11. The van der Waals surface area contributed by atoms with Gasteiger partial charge in [0.2, 0.25) is 0 Å². The van der Waals surface area contributed by atoms with Crippen molar-refractivity contribution in [2.45, 2.75) is 162 Å². The predicted octanol–water partition coefficient (Wildman–Crippen LogP) is -1.66. The first-order chi connectivity index (χ1) is 31.2. The Morgan fingerprint density at radius 1 is 0.388 bits per heavy atom. The average Bonchev–Trinajstić information content (AvgIpc) is 3.17. The molecule has 0 bridgehead atoms. The molecule has 2 heterocycles. The zero-order valence-corrected chi connectivity index (χ0v) is 38.5. The number of aliphatic hydroxyl groups is 1. The van der Waals surface area contributed by atoms with Gasteiger partial charge in [-0.15, -0.1) is 0 Å². The van der Waals surface area contributed by atoms with Crippen molar-refractivity contribution in [1.82, 2.24) is 0 Å². The first kappa shape index (κ1) is 57.1. The molecule has 0 aromatic rings. The van der Waals surface area contributed by atoms with Crippen LogP contribution in [0.25, 0.3) is 0 Å². The van der Waals surface area contributed by atoms with Crippen molar-refractivity contribution in [1.29, 1.82) is 0 Å². The third kappa shape index (κ3) is 19.4. The lowest BCUT2D eigenvalue weighted by Crippen LogP contribution is -2.65. The van der Waals surface area contributed by atoms with E-state index < -0.39 is 178 Å². The molecule has 27 nitrogen and oxygen atoms in total. The van der Waals surface area contributed by atoms with Crippen LogP contribution in [0.2, 0.25) is 0 Å². The molecular weight excluding hydrogens is 912 g/mol. The normalized spacial score (nSPS) is 26.3. The van der Waals surface area contributed by atoms with Crippen LogP contribution in [0.15, 0.2) is 0 Å². The molecular formula is C40H56O27. The van der Waals surface area contributed by atoms with E-state index in [1.807, 2.05) is 0 Å². The zero-order valence-electron chi connectivity index (χ0n) is 38.5. The van der Waals surface area contributed by atoms with E-state index in [2.05, 4.69) is 0 Å². The van der Waals surface area contributed by atoms with Crippen LogP contribution in [0.4, 0.5) is 0 Å². The van der Waals surface area contributed by atoms with Crippen LogP contribution in [0, 0.1) is 0 Å². The van der Waals surface area contributed by atoms with Gasteiger partial charge in [-0.2, -0.15) is 0 Å². The molecule has 1 N–H and O–H groups in total. The van der Waals surface area contributed by atoms with E-state index >= 15 is 0 Å². The summed E-state index contributed by atoms with van der Waals surface area (Å²) in [5, 5.41) is 11.5. The van der Waals surface area contributed by atoms with E-state index in [1.165, 1.54) is 0 Å². The van der Waals surface area contributed by atoms with Crippen molar-refractivity contribution in [3.8, 4) is 0 Å². The number of carbonyl (C=O) groups excluding carboxylic acids is 11. The van der Waals surface area contributed by atoms with Crippen molar-refractivity contribution in [3.63, 3.8) is 0 Å².